The normalized spacial score (nSPS) is 28.3. The number of carbonyl (C=O) groups is 2. The van der Waals surface area contributed by atoms with Crippen LogP contribution >= 0.6 is 23.4 Å². The molecule has 4 aliphatic rings. The molecule has 6 nitrogen and oxygen atoms in total. The van der Waals surface area contributed by atoms with Crippen molar-refractivity contribution in [3.63, 3.8) is 0 Å². The van der Waals surface area contributed by atoms with Gasteiger partial charge in [0.25, 0.3) is 0 Å². The predicted octanol–water partition coefficient (Wildman–Crippen LogP) is 4.89. The molecule has 8 heteroatoms. The zero-order valence-corrected chi connectivity index (χ0v) is 20.1. The number of thioether (sulfide) groups is 1. The second-order valence-electron chi connectivity index (χ2n) is 9.29. The topological polar surface area (TPSA) is 67.9 Å². The second kappa shape index (κ2) is 7.75. The van der Waals surface area contributed by atoms with Crippen molar-refractivity contribution >= 4 is 40.7 Å². The Morgan fingerprint density at radius 1 is 1.06 bits per heavy atom. The van der Waals surface area contributed by atoms with E-state index < -0.39 is 11.5 Å². The molecule has 0 saturated carbocycles. The zero-order valence-electron chi connectivity index (χ0n) is 18.6. The summed E-state index contributed by atoms with van der Waals surface area (Å²) in [7, 11) is 0. The van der Waals surface area contributed by atoms with Crippen molar-refractivity contribution in [1.82, 2.24) is 4.90 Å². The van der Waals surface area contributed by atoms with Crippen LogP contribution in [0.25, 0.3) is 0 Å². The number of rotatable bonds is 3. The molecular weight excluding hydrogens is 484 g/mol. The number of ketones is 1. The first kappa shape index (κ1) is 21.3. The molecule has 0 aliphatic carbocycles. The smallest absolute Gasteiger partial charge is 0.250 e. The van der Waals surface area contributed by atoms with Crippen molar-refractivity contribution in [3.8, 4) is 11.5 Å². The number of nitrogens with zero attached hydrogens (tertiary/aromatic N) is 1. The van der Waals surface area contributed by atoms with Crippen molar-refractivity contribution < 1.29 is 19.1 Å². The number of ether oxygens (including phenoxy) is 2. The Morgan fingerprint density at radius 2 is 1.91 bits per heavy atom. The molecule has 1 amide bonds. The minimum atomic E-state index is -1.11. The highest BCUT2D eigenvalue weighted by molar-refractivity contribution is 7.99. The average Bonchev–Trinajstić information content (AvgIpc) is 3.62. The number of halogens is 1. The van der Waals surface area contributed by atoms with Gasteiger partial charge in [-0.3, -0.25) is 14.5 Å². The van der Waals surface area contributed by atoms with E-state index in [2.05, 4.69) is 10.2 Å². The van der Waals surface area contributed by atoms with E-state index in [0.717, 1.165) is 22.6 Å². The number of Topliss-reactive ketones (excluding diaryl/α,β-unsaturated/α-hetero) is 1. The number of para-hydroxylation sites is 1. The number of hydrogen-bond acceptors (Lipinski definition) is 6. The Kier molecular flexibility index (Phi) is 4.72. The fourth-order valence-electron chi connectivity index (χ4n) is 6.35. The molecule has 3 aromatic carbocycles. The third-order valence-corrected chi connectivity index (χ3v) is 8.97. The molecule has 4 aliphatic heterocycles. The summed E-state index contributed by atoms with van der Waals surface area (Å²) in [6.45, 7) is 0.133. The molecule has 2 saturated heterocycles. The molecule has 2 fully saturated rings. The van der Waals surface area contributed by atoms with Gasteiger partial charge in [0.15, 0.2) is 17.3 Å². The van der Waals surface area contributed by atoms with Crippen molar-refractivity contribution in [1.29, 1.82) is 0 Å². The molecule has 35 heavy (non-hydrogen) atoms. The first-order valence-electron chi connectivity index (χ1n) is 11.5. The van der Waals surface area contributed by atoms with Crippen LogP contribution in [0, 0.1) is 5.92 Å². The summed E-state index contributed by atoms with van der Waals surface area (Å²) < 4.78 is 11.0. The van der Waals surface area contributed by atoms with Gasteiger partial charge in [-0.15, -0.1) is 11.8 Å². The third kappa shape index (κ3) is 2.89. The molecule has 1 spiro atoms. The standard InChI is InChI=1S/C27H21ClN2O4S/c28-17-5-3-4-15(10-17)23-20-12-35-13-30(20)27(18-6-1-2-7-19(18)29-26(27)32)24(23)25(31)16-8-9-21-22(11-16)34-14-33-21/h1-11,20,23-24H,12-14H2,(H,29,32)/t20-,23+,24-,27-/m1/s1. The first-order chi connectivity index (χ1) is 17.1. The summed E-state index contributed by atoms with van der Waals surface area (Å²) in [4.78, 5) is 30.8. The number of amides is 1. The molecule has 3 aromatic rings. The van der Waals surface area contributed by atoms with E-state index in [-0.39, 0.29) is 30.4 Å². The second-order valence-corrected chi connectivity index (χ2v) is 10.7. The van der Waals surface area contributed by atoms with Crippen LogP contribution < -0.4 is 14.8 Å². The van der Waals surface area contributed by atoms with Gasteiger partial charge in [0.05, 0.1) is 5.92 Å². The van der Waals surface area contributed by atoms with Crippen LogP contribution in [0.3, 0.4) is 0 Å². The fraction of sp³-hybridized carbons (Fsp3) is 0.259. The fourth-order valence-corrected chi connectivity index (χ4v) is 7.87. The first-order valence-corrected chi connectivity index (χ1v) is 13.1. The number of fused-ring (bicyclic) bond motifs is 5. The Bertz CT molecular complexity index is 1400. The molecule has 176 valence electrons. The van der Waals surface area contributed by atoms with Gasteiger partial charge in [-0.1, -0.05) is 41.9 Å². The van der Waals surface area contributed by atoms with E-state index in [0.29, 0.717) is 28.0 Å². The summed E-state index contributed by atoms with van der Waals surface area (Å²) in [6, 6.07) is 20.7. The van der Waals surface area contributed by atoms with Crippen LogP contribution in [-0.2, 0) is 10.3 Å². The maximum Gasteiger partial charge on any atom is 0.250 e. The molecule has 4 heterocycles. The lowest BCUT2D eigenvalue weighted by Gasteiger charge is -2.36. The van der Waals surface area contributed by atoms with E-state index in [4.69, 9.17) is 21.1 Å². The Morgan fingerprint density at radius 3 is 2.80 bits per heavy atom. The minimum absolute atomic E-state index is 0.0123. The van der Waals surface area contributed by atoms with Crippen LogP contribution in [-0.4, -0.2) is 41.1 Å². The molecule has 0 radical (unpaired) electrons. The van der Waals surface area contributed by atoms with Crippen molar-refractivity contribution in [3.05, 3.63) is 88.4 Å². The highest BCUT2D eigenvalue weighted by atomic mass is 35.5. The van der Waals surface area contributed by atoms with Crippen LogP contribution in [0.1, 0.15) is 27.4 Å². The van der Waals surface area contributed by atoms with Gasteiger partial charge in [-0.25, -0.2) is 0 Å². The van der Waals surface area contributed by atoms with Gasteiger partial charge in [-0.2, -0.15) is 0 Å². The number of benzene rings is 3. The predicted molar refractivity (Wildman–Crippen MR) is 134 cm³/mol. The SMILES string of the molecule is O=C(c1ccc2c(c1)OCO2)[C@H]1[C@@H](c2cccc(Cl)c2)[C@H]2CSCN2[C@@]12C(=O)Nc1ccccc12. The lowest BCUT2D eigenvalue weighted by molar-refractivity contribution is -0.127. The molecular formula is C27H21ClN2O4S. The van der Waals surface area contributed by atoms with E-state index >= 15 is 0 Å². The number of nitrogens with one attached hydrogen (secondary N) is 1. The van der Waals surface area contributed by atoms with E-state index in [9.17, 15) is 9.59 Å². The van der Waals surface area contributed by atoms with E-state index in [1.54, 1.807) is 30.0 Å². The van der Waals surface area contributed by atoms with Crippen LogP contribution in [0.4, 0.5) is 5.69 Å². The van der Waals surface area contributed by atoms with Gasteiger partial charge < -0.3 is 14.8 Å². The molecule has 0 unspecified atom stereocenters. The van der Waals surface area contributed by atoms with Crippen molar-refractivity contribution in [2.24, 2.45) is 5.92 Å². The largest absolute Gasteiger partial charge is 0.454 e. The highest BCUT2D eigenvalue weighted by Crippen LogP contribution is 2.61. The van der Waals surface area contributed by atoms with Gasteiger partial charge >= 0.3 is 0 Å². The molecule has 1 N–H and O–H groups in total. The summed E-state index contributed by atoms with van der Waals surface area (Å²) in [5, 5.41) is 3.71. The average molecular weight is 505 g/mol. The van der Waals surface area contributed by atoms with Gasteiger partial charge in [0.2, 0.25) is 12.7 Å². The van der Waals surface area contributed by atoms with Crippen molar-refractivity contribution in [2.45, 2.75) is 17.5 Å². The van der Waals surface area contributed by atoms with Crippen molar-refractivity contribution in [2.75, 3.05) is 23.7 Å². The van der Waals surface area contributed by atoms with Gasteiger partial charge in [-0.05, 0) is 42.0 Å². The van der Waals surface area contributed by atoms with E-state index in [1.165, 1.54) is 0 Å². The molecule has 0 bridgehead atoms. The van der Waals surface area contributed by atoms with Crippen LogP contribution in [0.5, 0.6) is 11.5 Å². The molecule has 4 atom stereocenters. The van der Waals surface area contributed by atoms with E-state index in [1.807, 2.05) is 48.5 Å². The Balaban J connectivity index is 1.47. The number of carbonyl (C=O) groups excluding carboxylic acids is 2. The number of anilines is 1. The monoisotopic (exact) mass is 504 g/mol. The zero-order chi connectivity index (χ0) is 23.7. The molecule has 7 rings (SSSR count). The summed E-state index contributed by atoms with van der Waals surface area (Å²) >= 11 is 8.22. The Hall–Kier alpha value is -3.00. The quantitative estimate of drug-likeness (QED) is 0.512. The maximum atomic E-state index is 14.5. The number of hydrogen-bond donors (Lipinski definition) is 1. The molecule has 0 aromatic heterocycles. The highest BCUT2D eigenvalue weighted by Gasteiger charge is 2.69. The summed E-state index contributed by atoms with van der Waals surface area (Å²) in [5.41, 5.74) is 2.01. The summed E-state index contributed by atoms with van der Waals surface area (Å²) in [6.07, 6.45) is 0. The summed E-state index contributed by atoms with van der Waals surface area (Å²) in [5.74, 6) is 1.60. The third-order valence-electron chi connectivity index (χ3n) is 7.70. The minimum Gasteiger partial charge on any atom is -0.454 e. The lowest BCUT2D eigenvalue weighted by atomic mass is 9.69. The maximum absolute atomic E-state index is 14.5. The lowest BCUT2D eigenvalue weighted by Crippen LogP contribution is -2.52. The Labute approximate surface area is 211 Å². The van der Waals surface area contributed by atoms with Crippen LogP contribution in [0.2, 0.25) is 5.02 Å². The van der Waals surface area contributed by atoms with Gasteiger partial charge in [0, 0.05) is 45.4 Å². The van der Waals surface area contributed by atoms with Crippen LogP contribution in [0.15, 0.2) is 66.7 Å². The van der Waals surface area contributed by atoms with Gasteiger partial charge in [0.1, 0.15) is 5.54 Å².